The summed E-state index contributed by atoms with van der Waals surface area (Å²) in [7, 11) is 0. The highest BCUT2D eigenvalue weighted by atomic mass is 16.5. The minimum absolute atomic E-state index is 0.166. The average Bonchev–Trinajstić information content (AvgIpc) is 2.67. The van der Waals surface area contributed by atoms with Crippen LogP contribution in [0.25, 0.3) is 0 Å². The second kappa shape index (κ2) is 5.10. The highest BCUT2D eigenvalue weighted by Crippen LogP contribution is 2.25. The first-order valence-electron chi connectivity index (χ1n) is 5.52. The monoisotopic (exact) mass is 201 g/mol. The third-order valence-electron chi connectivity index (χ3n) is 3.07. The van der Waals surface area contributed by atoms with Crippen molar-refractivity contribution >= 4 is 0 Å². The summed E-state index contributed by atoms with van der Waals surface area (Å²) in [4.78, 5) is 0. The molecule has 0 saturated carbocycles. The first-order chi connectivity index (χ1) is 6.58. The van der Waals surface area contributed by atoms with Crippen LogP contribution >= 0.6 is 0 Å². The lowest BCUT2D eigenvalue weighted by molar-refractivity contribution is 0.0977. The van der Waals surface area contributed by atoms with Gasteiger partial charge in [0.2, 0.25) is 0 Å². The lowest BCUT2D eigenvalue weighted by Crippen LogP contribution is -2.53. The van der Waals surface area contributed by atoms with Crippen LogP contribution in [0, 0.1) is 11.8 Å². The van der Waals surface area contributed by atoms with Gasteiger partial charge >= 0.3 is 0 Å². The van der Waals surface area contributed by atoms with E-state index in [1.54, 1.807) is 0 Å². The summed E-state index contributed by atoms with van der Waals surface area (Å²) in [5, 5.41) is 12.9. The molecule has 0 aromatic rings. The molecule has 2 N–H and O–H groups in total. The first-order valence-corrected chi connectivity index (χ1v) is 5.52. The third-order valence-corrected chi connectivity index (χ3v) is 3.07. The van der Waals surface area contributed by atoms with Gasteiger partial charge in [-0.1, -0.05) is 13.8 Å². The van der Waals surface area contributed by atoms with Crippen LogP contribution in [0.1, 0.15) is 27.2 Å². The van der Waals surface area contributed by atoms with Gasteiger partial charge in [-0.15, -0.1) is 0 Å². The Morgan fingerprint density at radius 2 is 2.29 bits per heavy atom. The smallest absolute Gasteiger partial charge is 0.0614 e. The summed E-state index contributed by atoms with van der Waals surface area (Å²) in [6, 6.07) is 0. The van der Waals surface area contributed by atoms with Crippen molar-refractivity contribution in [3.8, 4) is 0 Å². The van der Waals surface area contributed by atoms with Crippen molar-refractivity contribution in [2.24, 2.45) is 11.8 Å². The zero-order valence-corrected chi connectivity index (χ0v) is 9.55. The van der Waals surface area contributed by atoms with Gasteiger partial charge in [0.15, 0.2) is 0 Å². The second-order valence-electron chi connectivity index (χ2n) is 4.91. The van der Waals surface area contributed by atoms with E-state index in [-0.39, 0.29) is 12.1 Å². The largest absolute Gasteiger partial charge is 0.394 e. The molecule has 3 heteroatoms. The predicted octanol–water partition coefficient (Wildman–Crippen LogP) is 1.02. The Kier molecular flexibility index (Phi) is 4.35. The predicted molar refractivity (Wildman–Crippen MR) is 57.3 cm³/mol. The summed E-state index contributed by atoms with van der Waals surface area (Å²) in [6.07, 6.45) is 1.06. The van der Waals surface area contributed by atoms with E-state index in [9.17, 15) is 5.11 Å². The van der Waals surface area contributed by atoms with Crippen molar-refractivity contribution in [2.45, 2.75) is 32.7 Å². The van der Waals surface area contributed by atoms with Gasteiger partial charge in [-0.2, -0.15) is 0 Å². The maximum atomic E-state index is 9.44. The molecule has 1 aliphatic heterocycles. The molecule has 84 valence electrons. The molecule has 1 rings (SSSR count). The Balaban J connectivity index is 2.46. The van der Waals surface area contributed by atoms with Gasteiger partial charge in [0.05, 0.1) is 13.2 Å². The highest BCUT2D eigenvalue weighted by Gasteiger charge is 2.35. The number of aliphatic hydroxyl groups is 1. The molecule has 1 heterocycles. The molecule has 2 unspecified atom stereocenters. The molecule has 14 heavy (non-hydrogen) atoms. The number of hydrogen-bond donors (Lipinski definition) is 2. The van der Waals surface area contributed by atoms with Crippen LogP contribution in [-0.2, 0) is 4.74 Å². The van der Waals surface area contributed by atoms with Crippen LogP contribution in [0.2, 0.25) is 0 Å². The molecule has 0 aromatic carbocycles. The Hall–Kier alpha value is -0.120. The summed E-state index contributed by atoms with van der Waals surface area (Å²) in [5.74, 6) is 1.06. The molecule has 0 aromatic heterocycles. The van der Waals surface area contributed by atoms with Gasteiger partial charge in [0.25, 0.3) is 0 Å². The fraction of sp³-hybridized carbons (Fsp3) is 1.00. The van der Waals surface area contributed by atoms with E-state index < -0.39 is 0 Å². The Bertz CT molecular complexity index is 167. The Morgan fingerprint density at radius 1 is 1.57 bits per heavy atom. The molecule has 2 atom stereocenters. The van der Waals surface area contributed by atoms with Gasteiger partial charge in [-0.05, 0) is 25.8 Å². The van der Waals surface area contributed by atoms with Crippen molar-refractivity contribution in [3.63, 3.8) is 0 Å². The summed E-state index contributed by atoms with van der Waals surface area (Å²) < 4.78 is 5.36. The van der Waals surface area contributed by atoms with E-state index in [1.807, 2.05) is 0 Å². The fourth-order valence-corrected chi connectivity index (χ4v) is 1.80. The third kappa shape index (κ3) is 2.94. The SMILES string of the molecule is CC(C)CNC(C)(CO)C1CCOC1. The van der Waals surface area contributed by atoms with E-state index >= 15 is 0 Å². The summed E-state index contributed by atoms with van der Waals surface area (Å²) in [5.41, 5.74) is -0.166. The van der Waals surface area contributed by atoms with Gasteiger partial charge < -0.3 is 15.2 Å². The average molecular weight is 201 g/mol. The fourth-order valence-electron chi connectivity index (χ4n) is 1.80. The van der Waals surface area contributed by atoms with Crippen molar-refractivity contribution in [1.82, 2.24) is 5.32 Å². The molecule has 0 aliphatic carbocycles. The van der Waals surface area contributed by atoms with Gasteiger partial charge in [-0.3, -0.25) is 0 Å². The highest BCUT2D eigenvalue weighted by molar-refractivity contribution is 4.91. The topological polar surface area (TPSA) is 41.5 Å². The number of rotatable bonds is 5. The van der Waals surface area contributed by atoms with Crippen molar-refractivity contribution in [1.29, 1.82) is 0 Å². The van der Waals surface area contributed by atoms with Gasteiger partial charge in [-0.25, -0.2) is 0 Å². The van der Waals surface area contributed by atoms with Gasteiger partial charge in [0, 0.05) is 18.1 Å². The second-order valence-corrected chi connectivity index (χ2v) is 4.91. The van der Waals surface area contributed by atoms with E-state index in [0.29, 0.717) is 11.8 Å². The number of aliphatic hydroxyl groups excluding tert-OH is 1. The van der Waals surface area contributed by atoms with Crippen LogP contribution < -0.4 is 5.32 Å². The Labute approximate surface area is 86.8 Å². The van der Waals surface area contributed by atoms with Gasteiger partial charge in [0.1, 0.15) is 0 Å². The molecule has 0 spiro atoms. The van der Waals surface area contributed by atoms with Crippen LogP contribution in [0.3, 0.4) is 0 Å². The minimum Gasteiger partial charge on any atom is -0.394 e. The van der Waals surface area contributed by atoms with Crippen LogP contribution in [0.15, 0.2) is 0 Å². The number of nitrogens with one attached hydrogen (secondary N) is 1. The maximum Gasteiger partial charge on any atom is 0.0614 e. The molecule has 1 saturated heterocycles. The van der Waals surface area contributed by atoms with Crippen LogP contribution in [0.4, 0.5) is 0 Å². The molecular weight excluding hydrogens is 178 g/mol. The number of hydrogen-bond acceptors (Lipinski definition) is 3. The quantitative estimate of drug-likeness (QED) is 0.698. The maximum absolute atomic E-state index is 9.44. The summed E-state index contributed by atoms with van der Waals surface area (Å²) >= 11 is 0. The minimum atomic E-state index is -0.166. The molecule has 0 amide bonds. The van der Waals surface area contributed by atoms with E-state index in [2.05, 4.69) is 26.1 Å². The molecule has 0 bridgehead atoms. The first kappa shape index (κ1) is 12.0. The molecule has 1 fully saturated rings. The normalized spacial score (nSPS) is 26.8. The van der Waals surface area contributed by atoms with Crippen LogP contribution in [0.5, 0.6) is 0 Å². The zero-order chi connectivity index (χ0) is 10.6. The molecule has 1 aliphatic rings. The van der Waals surface area contributed by atoms with Crippen LogP contribution in [-0.4, -0.2) is 37.0 Å². The molecule has 0 radical (unpaired) electrons. The Morgan fingerprint density at radius 3 is 2.71 bits per heavy atom. The van der Waals surface area contributed by atoms with Crippen molar-refractivity contribution < 1.29 is 9.84 Å². The molecule has 3 nitrogen and oxygen atoms in total. The standard InChI is InChI=1S/C11H23NO2/c1-9(2)6-12-11(3,8-13)10-4-5-14-7-10/h9-10,12-13H,4-8H2,1-3H3. The van der Waals surface area contributed by atoms with E-state index in [0.717, 1.165) is 26.2 Å². The van der Waals surface area contributed by atoms with E-state index in [4.69, 9.17) is 4.74 Å². The van der Waals surface area contributed by atoms with Crippen molar-refractivity contribution in [3.05, 3.63) is 0 Å². The number of ether oxygens (including phenoxy) is 1. The lowest BCUT2D eigenvalue weighted by Gasteiger charge is -2.35. The summed E-state index contributed by atoms with van der Waals surface area (Å²) in [6.45, 7) is 9.20. The van der Waals surface area contributed by atoms with E-state index in [1.165, 1.54) is 0 Å². The molecular formula is C11H23NO2. The van der Waals surface area contributed by atoms with Crippen molar-refractivity contribution in [2.75, 3.05) is 26.4 Å². The zero-order valence-electron chi connectivity index (χ0n) is 9.55. The lowest BCUT2D eigenvalue weighted by atomic mass is 9.85.